The number of carbonyl (C=O) groups is 2. The van der Waals surface area contributed by atoms with Gasteiger partial charge in [0, 0.05) is 15.6 Å². The molecule has 0 saturated carbocycles. The molecule has 118 valence electrons. The van der Waals surface area contributed by atoms with Crippen LogP contribution >= 0.6 is 23.2 Å². The van der Waals surface area contributed by atoms with Gasteiger partial charge in [-0.05, 0) is 24.6 Å². The highest BCUT2D eigenvalue weighted by Gasteiger charge is 2.49. The minimum Gasteiger partial charge on any atom is -0.319 e. The highest BCUT2D eigenvalue weighted by Crippen LogP contribution is 2.34. The molecule has 1 atom stereocenters. The molecular weight excluding hydrogens is 335 g/mol. The summed E-state index contributed by atoms with van der Waals surface area (Å²) in [5.74, 6) is -0.351. The van der Waals surface area contributed by atoms with Crippen LogP contribution in [0.2, 0.25) is 10.0 Å². The predicted molar refractivity (Wildman–Crippen MR) is 89.3 cm³/mol. The van der Waals surface area contributed by atoms with Crippen molar-refractivity contribution in [2.45, 2.75) is 19.0 Å². The maximum atomic E-state index is 12.8. The van der Waals surface area contributed by atoms with Gasteiger partial charge in [-0.25, -0.2) is 4.79 Å². The SMILES string of the molecule is C[C@]1(c2ccccc2Cl)NC(=O)N(Cc2ccccc2Cl)C1=O. The van der Waals surface area contributed by atoms with Crippen LogP contribution in [-0.4, -0.2) is 16.8 Å². The van der Waals surface area contributed by atoms with E-state index in [1.807, 2.05) is 6.07 Å². The first-order chi connectivity index (χ1) is 10.9. The standard InChI is InChI=1S/C17H14Cl2N2O2/c1-17(12-7-3-5-9-14(12)19)15(22)21(16(23)20-17)10-11-6-2-4-8-13(11)18/h2-9H,10H2,1H3,(H,20,23)/t17-/m1/s1. The molecule has 1 saturated heterocycles. The van der Waals surface area contributed by atoms with Crippen molar-refractivity contribution in [2.75, 3.05) is 0 Å². The van der Waals surface area contributed by atoms with E-state index in [-0.39, 0.29) is 12.5 Å². The smallest absolute Gasteiger partial charge is 0.319 e. The molecule has 23 heavy (non-hydrogen) atoms. The van der Waals surface area contributed by atoms with E-state index in [1.54, 1.807) is 49.4 Å². The van der Waals surface area contributed by atoms with Gasteiger partial charge < -0.3 is 5.32 Å². The number of rotatable bonds is 3. The number of benzene rings is 2. The van der Waals surface area contributed by atoms with Crippen LogP contribution in [0.25, 0.3) is 0 Å². The maximum absolute atomic E-state index is 12.8. The first-order valence-electron chi connectivity index (χ1n) is 7.06. The van der Waals surface area contributed by atoms with E-state index < -0.39 is 11.6 Å². The lowest BCUT2D eigenvalue weighted by molar-refractivity contribution is -0.131. The molecule has 0 aromatic heterocycles. The quantitative estimate of drug-likeness (QED) is 0.853. The second-order valence-corrected chi connectivity index (χ2v) is 6.33. The second-order valence-electron chi connectivity index (χ2n) is 5.52. The van der Waals surface area contributed by atoms with E-state index in [2.05, 4.69) is 5.32 Å². The third-order valence-electron chi connectivity index (χ3n) is 3.97. The third kappa shape index (κ3) is 2.69. The van der Waals surface area contributed by atoms with Crippen LogP contribution in [-0.2, 0) is 16.9 Å². The van der Waals surface area contributed by atoms with Crippen LogP contribution in [0.1, 0.15) is 18.1 Å². The van der Waals surface area contributed by atoms with E-state index in [9.17, 15) is 9.59 Å². The summed E-state index contributed by atoms with van der Waals surface area (Å²) < 4.78 is 0. The summed E-state index contributed by atoms with van der Waals surface area (Å²) >= 11 is 12.3. The summed E-state index contributed by atoms with van der Waals surface area (Å²) in [6.07, 6.45) is 0. The van der Waals surface area contributed by atoms with Gasteiger partial charge in [-0.3, -0.25) is 9.69 Å². The van der Waals surface area contributed by atoms with E-state index in [1.165, 1.54) is 0 Å². The number of halogens is 2. The molecule has 0 spiro atoms. The van der Waals surface area contributed by atoms with Gasteiger partial charge in [-0.1, -0.05) is 59.6 Å². The number of imide groups is 1. The minimum atomic E-state index is -1.18. The Morgan fingerprint density at radius 3 is 2.26 bits per heavy atom. The molecule has 0 bridgehead atoms. The Hall–Kier alpha value is -2.04. The summed E-state index contributed by atoms with van der Waals surface area (Å²) in [7, 11) is 0. The average Bonchev–Trinajstić information content (AvgIpc) is 2.74. The molecule has 1 aliphatic heterocycles. The number of nitrogens with zero attached hydrogens (tertiary/aromatic N) is 1. The van der Waals surface area contributed by atoms with Crippen molar-refractivity contribution in [3.63, 3.8) is 0 Å². The van der Waals surface area contributed by atoms with Crippen LogP contribution in [0, 0.1) is 0 Å². The third-order valence-corrected chi connectivity index (χ3v) is 4.67. The summed E-state index contributed by atoms with van der Waals surface area (Å²) in [6.45, 7) is 1.77. The fourth-order valence-corrected chi connectivity index (χ4v) is 3.21. The molecule has 1 N–H and O–H groups in total. The monoisotopic (exact) mass is 348 g/mol. The van der Waals surface area contributed by atoms with Crippen molar-refractivity contribution in [3.8, 4) is 0 Å². The van der Waals surface area contributed by atoms with Gasteiger partial charge in [-0.2, -0.15) is 0 Å². The molecule has 1 aliphatic rings. The number of carbonyl (C=O) groups excluding carboxylic acids is 2. The van der Waals surface area contributed by atoms with Gasteiger partial charge in [0.05, 0.1) is 6.54 Å². The molecule has 2 aromatic rings. The van der Waals surface area contributed by atoms with E-state index in [0.29, 0.717) is 21.2 Å². The lowest BCUT2D eigenvalue weighted by Gasteiger charge is -2.23. The maximum Gasteiger partial charge on any atom is 0.325 e. The van der Waals surface area contributed by atoms with Crippen LogP contribution in [0.4, 0.5) is 4.79 Å². The summed E-state index contributed by atoms with van der Waals surface area (Å²) in [5, 5.41) is 3.68. The number of amides is 3. The van der Waals surface area contributed by atoms with Crippen molar-refractivity contribution < 1.29 is 9.59 Å². The Kier molecular flexibility index (Phi) is 4.04. The normalized spacial score (nSPS) is 20.7. The van der Waals surface area contributed by atoms with Crippen molar-refractivity contribution >= 4 is 35.1 Å². The van der Waals surface area contributed by atoms with Gasteiger partial charge in [0.25, 0.3) is 5.91 Å². The number of urea groups is 1. The molecular formula is C17H14Cl2N2O2. The molecule has 6 heteroatoms. The van der Waals surface area contributed by atoms with Gasteiger partial charge in [0.2, 0.25) is 0 Å². The van der Waals surface area contributed by atoms with Crippen LogP contribution in [0.5, 0.6) is 0 Å². The summed E-state index contributed by atoms with van der Waals surface area (Å²) in [4.78, 5) is 26.3. The predicted octanol–water partition coefficient (Wildman–Crippen LogP) is 3.96. The Morgan fingerprint density at radius 1 is 1.00 bits per heavy atom. The molecule has 0 radical (unpaired) electrons. The summed E-state index contributed by atoms with van der Waals surface area (Å²) in [6, 6.07) is 13.6. The van der Waals surface area contributed by atoms with Gasteiger partial charge in [-0.15, -0.1) is 0 Å². The van der Waals surface area contributed by atoms with Gasteiger partial charge in [0.1, 0.15) is 5.54 Å². The van der Waals surface area contributed by atoms with E-state index in [0.717, 1.165) is 4.90 Å². The molecule has 3 amide bonds. The van der Waals surface area contributed by atoms with Crippen LogP contribution in [0.3, 0.4) is 0 Å². The zero-order valence-electron chi connectivity index (χ0n) is 12.3. The lowest BCUT2D eigenvalue weighted by atomic mass is 9.92. The fourth-order valence-electron chi connectivity index (χ4n) is 2.69. The zero-order valence-corrected chi connectivity index (χ0v) is 13.9. The summed E-state index contributed by atoms with van der Waals surface area (Å²) in [5.41, 5.74) is 0.0965. The Balaban J connectivity index is 1.94. The molecule has 2 aromatic carbocycles. The number of hydrogen-bond acceptors (Lipinski definition) is 2. The fraction of sp³-hybridized carbons (Fsp3) is 0.176. The molecule has 1 heterocycles. The van der Waals surface area contributed by atoms with Gasteiger partial charge >= 0.3 is 6.03 Å². The zero-order chi connectivity index (χ0) is 16.6. The van der Waals surface area contributed by atoms with E-state index in [4.69, 9.17) is 23.2 Å². The largest absolute Gasteiger partial charge is 0.325 e. The Labute approximate surface area is 144 Å². The number of hydrogen-bond donors (Lipinski definition) is 1. The topological polar surface area (TPSA) is 49.4 Å². The second kappa shape index (κ2) is 5.87. The molecule has 1 fully saturated rings. The highest BCUT2D eigenvalue weighted by molar-refractivity contribution is 6.32. The molecule has 4 nitrogen and oxygen atoms in total. The lowest BCUT2D eigenvalue weighted by Crippen LogP contribution is -2.41. The van der Waals surface area contributed by atoms with Crippen LogP contribution < -0.4 is 5.32 Å². The van der Waals surface area contributed by atoms with Crippen molar-refractivity contribution in [3.05, 3.63) is 69.7 Å². The first-order valence-corrected chi connectivity index (χ1v) is 7.81. The highest BCUT2D eigenvalue weighted by atomic mass is 35.5. The minimum absolute atomic E-state index is 0.115. The van der Waals surface area contributed by atoms with Gasteiger partial charge in [0.15, 0.2) is 0 Å². The van der Waals surface area contributed by atoms with Crippen molar-refractivity contribution in [1.82, 2.24) is 10.2 Å². The Morgan fingerprint density at radius 2 is 1.61 bits per heavy atom. The average molecular weight is 349 g/mol. The Bertz CT molecular complexity index is 794. The first kappa shape index (κ1) is 15.8. The van der Waals surface area contributed by atoms with E-state index >= 15 is 0 Å². The number of nitrogens with one attached hydrogen (secondary N) is 1. The molecule has 0 unspecified atom stereocenters. The van der Waals surface area contributed by atoms with Crippen molar-refractivity contribution in [1.29, 1.82) is 0 Å². The molecule has 0 aliphatic carbocycles. The van der Waals surface area contributed by atoms with Crippen molar-refractivity contribution in [2.24, 2.45) is 0 Å². The molecule has 3 rings (SSSR count). The van der Waals surface area contributed by atoms with Crippen LogP contribution in [0.15, 0.2) is 48.5 Å².